The van der Waals surface area contributed by atoms with E-state index in [2.05, 4.69) is 24.1 Å². The molecule has 1 aliphatic carbocycles. The maximum atomic E-state index is 12.8. The average molecular weight is 222 g/mol. The standard InChI is InChI=1S/C13H19FN2/c1-3-13(7-10(13)8-15-4-2)12-6-5-11(14)9-16-12/h5-6,9-10,15H,3-4,7-8H2,1-2H3. The van der Waals surface area contributed by atoms with Crippen LogP contribution in [0.1, 0.15) is 32.4 Å². The van der Waals surface area contributed by atoms with Crippen LogP contribution in [0.5, 0.6) is 0 Å². The van der Waals surface area contributed by atoms with Crippen molar-refractivity contribution in [3.63, 3.8) is 0 Å². The van der Waals surface area contributed by atoms with Crippen LogP contribution < -0.4 is 5.32 Å². The molecule has 0 bridgehead atoms. The molecule has 0 aromatic carbocycles. The first kappa shape index (κ1) is 11.5. The van der Waals surface area contributed by atoms with Gasteiger partial charge in [0.2, 0.25) is 0 Å². The van der Waals surface area contributed by atoms with Crippen LogP contribution in [0, 0.1) is 11.7 Å². The highest BCUT2D eigenvalue weighted by molar-refractivity contribution is 5.28. The highest BCUT2D eigenvalue weighted by Gasteiger charge is 2.54. The summed E-state index contributed by atoms with van der Waals surface area (Å²) in [6.45, 7) is 6.36. The monoisotopic (exact) mass is 222 g/mol. The largest absolute Gasteiger partial charge is 0.317 e. The van der Waals surface area contributed by atoms with Crippen LogP contribution in [-0.4, -0.2) is 18.1 Å². The van der Waals surface area contributed by atoms with Crippen LogP contribution in [-0.2, 0) is 5.41 Å². The molecule has 88 valence electrons. The van der Waals surface area contributed by atoms with Crippen molar-refractivity contribution in [3.8, 4) is 0 Å². The van der Waals surface area contributed by atoms with Gasteiger partial charge < -0.3 is 5.32 Å². The van der Waals surface area contributed by atoms with Crippen molar-refractivity contribution in [3.05, 3.63) is 29.8 Å². The van der Waals surface area contributed by atoms with Gasteiger partial charge in [-0.1, -0.05) is 13.8 Å². The summed E-state index contributed by atoms with van der Waals surface area (Å²) in [6.07, 6.45) is 3.59. The number of rotatable bonds is 5. The van der Waals surface area contributed by atoms with E-state index in [-0.39, 0.29) is 11.2 Å². The van der Waals surface area contributed by atoms with Crippen molar-refractivity contribution in [2.75, 3.05) is 13.1 Å². The predicted octanol–water partition coefficient (Wildman–Crippen LogP) is 2.50. The van der Waals surface area contributed by atoms with Crippen molar-refractivity contribution in [2.24, 2.45) is 5.92 Å². The number of aromatic nitrogens is 1. The summed E-state index contributed by atoms with van der Waals surface area (Å²) in [7, 11) is 0. The van der Waals surface area contributed by atoms with Crippen LogP contribution in [0.2, 0.25) is 0 Å². The zero-order valence-corrected chi connectivity index (χ0v) is 9.96. The molecule has 1 aliphatic rings. The van der Waals surface area contributed by atoms with Crippen LogP contribution in [0.25, 0.3) is 0 Å². The fourth-order valence-corrected chi connectivity index (χ4v) is 2.57. The lowest BCUT2D eigenvalue weighted by molar-refractivity contribution is 0.531. The molecule has 0 saturated heterocycles. The summed E-state index contributed by atoms with van der Waals surface area (Å²) in [5.74, 6) is 0.411. The first-order valence-corrected chi connectivity index (χ1v) is 6.05. The molecule has 2 rings (SSSR count). The van der Waals surface area contributed by atoms with Crippen molar-refractivity contribution in [2.45, 2.75) is 32.1 Å². The quantitative estimate of drug-likeness (QED) is 0.828. The normalized spacial score (nSPS) is 28.1. The second kappa shape index (κ2) is 4.50. The summed E-state index contributed by atoms with van der Waals surface area (Å²) in [6, 6.07) is 3.35. The molecule has 1 fully saturated rings. The number of pyridine rings is 1. The van der Waals surface area contributed by atoms with Gasteiger partial charge >= 0.3 is 0 Å². The zero-order chi connectivity index (χ0) is 11.6. The Morgan fingerprint density at radius 2 is 2.31 bits per heavy atom. The fraction of sp³-hybridized carbons (Fsp3) is 0.615. The Labute approximate surface area is 96.3 Å². The van der Waals surface area contributed by atoms with E-state index < -0.39 is 0 Å². The van der Waals surface area contributed by atoms with E-state index in [1.165, 1.54) is 18.7 Å². The molecule has 1 saturated carbocycles. The Kier molecular flexibility index (Phi) is 3.24. The minimum absolute atomic E-state index is 0.204. The topological polar surface area (TPSA) is 24.9 Å². The molecule has 1 heterocycles. The zero-order valence-electron chi connectivity index (χ0n) is 9.96. The van der Waals surface area contributed by atoms with Gasteiger partial charge in [-0.25, -0.2) is 4.39 Å². The Morgan fingerprint density at radius 3 is 2.88 bits per heavy atom. The summed E-state index contributed by atoms with van der Waals surface area (Å²) in [4.78, 5) is 4.24. The van der Waals surface area contributed by atoms with E-state index in [1.807, 2.05) is 6.07 Å². The smallest absolute Gasteiger partial charge is 0.141 e. The van der Waals surface area contributed by atoms with Gasteiger partial charge in [0, 0.05) is 11.1 Å². The Balaban J connectivity index is 2.09. The Hall–Kier alpha value is -0.960. The van der Waals surface area contributed by atoms with Crippen LogP contribution in [0.3, 0.4) is 0 Å². The molecule has 16 heavy (non-hydrogen) atoms. The number of nitrogens with one attached hydrogen (secondary N) is 1. The number of hydrogen-bond acceptors (Lipinski definition) is 2. The van der Waals surface area contributed by atoms with Crippen molar-refractivity contribution >= 4 is 0 Å². The third-order valence-electron chi connectivity index (χ3n) is 3.74. The molecule has 2 atom stereocenters. The second-order valence-electron chi connectivity index (χ2n) is 4.58. The minimum atomic E-state index is -0.251. The molecular formula is C13H19FN2. The van der Waals surface area contributed by atoms with E-state index in [4.69, 9.17) is 0 Å². The molecule has 2 nitrogen and oxygen atoms in total. The summed E-state index contributed by atoms with van der Waals surface area (Å²) in [5, 5.41) is 3.38. The van der Waals surface area contributed by atoms with E-state index in [1.54, 1.807) is 0 Å². The van der Waals surface area contributed by atoms with Crippen LogP contribution in [0.4, 0.5) is 4.39 Å². The first-order chi connectivity index (χ1) is 7.73. The average Bonchev–Trinajstić information content (AvgIpc) is 3.02. The SMILES string of the molecule is CCNCC1CC1(CC)c1ccc(F)cn1. The summed E-state index contributed by atoms with van der Waals surface area (Å²) < 4.78 is 12.8. The van der Waals surface area contributed by atoms with Gasteiger partial charge in [0.25, 0.3) is 0 Å². The van der Waals surface area contributed by atoms with Gasteiger partial charge in [0.05, 0.1) is 6.20 Å². The van der Waals surface area contributed by atoms with Gasteiger partial charge in [0.1, 0.15) is 5.82 Å². The van der Waals surface area contributed by atoms with Gasteiger partial charge in [-0.3, -0.25) is 4.98 Å². The highest BCUT2D eigenvalue weighted by atomic mass is 19.1. The van der Waals surface area contributed by atoms with Crippen molar-refractivity contribution in [1.82, 2.24) is 10.3 Å². The van der Waals surface area contributed by atoms with Crippen molar-refractivity contribution < 1.29 is 4.39 Å². The lowest BCUT2D eigenvalue weighted by atomic mass is 9.95. The fourth-order valence-electron chi connectivity index (χ4n) is 2.57. The summed E-state index contributed by atoms with van der Waals surface area (Å²) in [5.41, 5.74) is 1.26. The molecular weight excluding hydrogens is 203 g/mol. The molecule has 1 N–H and O–H groups in total. The summed E-state index contributed by atoms with van der Waals surface area (Å²) >= 11 is 0. The molecule has 2 unspecified atom stereocenters. The third kappa shape index (κ3) is 1.96. The van der Waals surface area contributed by atoms with Gasteiger partial charge in [-0.15, -0.1) is 0 Å². The number of nitrogens with zero attached hydrogens (tertiary/aromatic N) is 1. The van der Waals surface area contributed by atoms with E-state index in [9.17, 15) is 4.39 Å². The predicted molar refractivity (Wildman–Crippen MR) is 62.8 cm³/mol. The van der Waals surface area contributed by atoms with E-state index in [0.29, 0.717) is 5.92 Å². The molecule has 1 aromatic rings. The van der Waals surface area contributed by atoms with Crippen LogP contribution >= 0.6 is 0 Å². The molecule has 3 heteroatoms. The van der Waals surface area contributed by atoms with Crippen molar-refractivity contribution in [1.29, 1.82) is 0 Å². The van der Waals surface area contributed by atoms with E-state index >= 15 is 0 Å². The Morgan fingerprint density at radius 1 is 1.50 bits per heavy atom. The maximum absolute atomic E-state index is 12.8. The third-order valence-corrected chi connectivity index (χ3v) is 3.74. The lowest BCUT2D eigenvalue weighted by Crippen LogP contribution is -2.21. The second-order valence-corrected chi connectivity index (χ2v) is 4.58. The first-order valence-electron chi connectivity index (χ1n) is 6.05. The lowest BCUT2D eigenvalue weighted by Gasteiger charge is -2.14. The minimum Gasteiger partial charge on any atom is -0.317 e. The van der Waals surface area contributed by atoms with Gasteiger partial charge in [-0.2, -0.15) is 0 Å². The molecule has 0 spiro atoms. The highest BCUT2D eigenvalue weighted by Crippen LogP contribution is 2.55. The van der Waals surface area contributed by atoms with Gasteiger partial charge in [0.15, 0.2) is 0 Å². The number of halogens is 1. The molecule has 0 aliphatic heterocycles. The number of hydrogen-bond donors (Lipinski definition) is 1. The molecule has 1 aromatic heterocycles. The molecule has 0 radical (unpaired) electrons. The maximum Gasteiger partial charge on any atom is 0.141 e. The van der Waals surface area contributed by atoms with E-state index in [0.717, 1.165) is 25.2 Å². The van der Waals surface area contributed by atoms with Crippen LogP contribution in [0.15, 0.2) is 18.3 Å². The van der Waals surface area contributed by atoms with Gasteiger partial charge in [-0.05, 0) is 44.0 Å². The molecule has 0 amide bonds. The Bertz CT molecular complexity index is 349.